The van der Waals surface area contributed by atoms with Crippen LogP contribution in [0.4, 0.5) is 0 Å². The van der Waals surface area contributed by atoms with Gasteiger partial charge in [-0.05, 0) is 12.8 Å². The normalized spacial score (nSPS) is 12.6. The van der Waals surface area contributed by atoms with Crippen LogP contribution >= 0.6 is 0 Å². The number of aromatic nitrogens is 3. The molecule has 0 aliphatic carbocycles. The second-order valence-corrected chi connectivity index (χ2v) is 2.90. The van der Waals surface area contributed by atoms with E-state index >= 15 is 0 Å². The Morgan fingerprint density at radius 1 is 1.57 bits per heavy atom. The largest absolute Gasteiger partial charge is 0.480 e. The summed E-state index contributed by atoms with van der Waals surface area (Å²) < 4.78 is 6.34. The average Bonchev–Trinajstić information content (AvgIpc) is 2.64. The Bertz CT molecular complexity index is 273. The van der Waals surface area contributed by atoms with Crippen molar-refractivity contribution in [3.05, 3.63) is 12.7 Å². The van der Waals surface area contributed by atoms with Crippen LogP contribution in [0.15, 0.2) is 12.7 Å². The highest BCUT2D eigenvalue weighted by Crippen LogP contribution is 2.12. The molecule has 1 rings (SSSR count). The number of aliphatic carboxylic acids is 1. The molecule has 1 heterocycles. The highest BCUT2D eigenvalue weighted by atomic mass is 16.5. The van der Waals surface area contributed by atoms with Crippen molar-refractivity contribution in [1.82, 2.24) is 14.8 Å². The van der Waals surface area contributed by atoms with Gasteiger partial charge in [-0.2, -0.15) is 0 Å². The lowest BCUT2D eigenvalue weighted by Crippen LogP contribution is -2.18. The molecule has 0 aliphatic heterocycles. The molecule has 0 aromatic carbocycles. The lowest BCUT2D eigenvalue weighted by molar-refractivity contribution is -0.141. The molecular weight excluding hydrogens is 186 g/mol. The number of carboxylic acids is 1. The van der Waals surface area contributed by atoms with E-state index in [0.29, 0.717) is 19.4 Å². The van der Waals surface area contributed by atoms with Gasteiger partial charge in [0, 0.05) is 13.7 Å². The summed E-state index contributed by atoms with van der Waals surface area (Å²) in [5, 5.41) is 16.1. The number of hydrogen-bond donors (Lipinski definition) is 1. The molecule has 0 spiro atoms. The zero-order valence-corrected chi connectivity index (χ0v) is 7.96. The van der Waals surface area contributed by atoms with Crippen molar-refractivity contribution in [2.75, 3.05) is 13.7 Å². The number of nitrogens with zero attached hydrogens (tertiary/aromatic N) is 3. The number of carbonyl (C=O) groups is 1. The average molecular weight is 199 g/mol. The minimum absolute atomic E-state index is 0.515. The molecule has 1 aromatic rings. The highest BCUT2D eigenvalue weighted by molar-refractivity contribution is 5.71. The molecule has 0 saturated carbocycles. The molecule has 0 aliphatic rings. The Kier molecular flexibility index (Phi) is 4.06. The van der Waals surface area contributed by atoms with Gasteiger partial charge in [0.2, 0.25) is 0 Å². The first-order chi connectivity index (χ1) is 6.75. The molecule has 0 fully saturated rings. The first-order valence-electron chi connectivity index (χ1n) is 4.31. The topological polar surface area (TPSA) is 77.2 Å². The van der Waals surface area contributed by atoms with E-state index in [1.807, 2.05) is 0 Å². The van der Waals surface area contributed by atoms with E-state index in [-0.39, 0.29) is 0 Å². The summed E-state index contributed by atoms with van der Waals surface area (Å²) in [6.07, 6.45) is 4.03. The number of hydrogen-bond acceptors (Lipinski definition) is 4. The summed E-state index contributed by atoms with van der Waals surface area (Å²) in [7, 11) is 1.59. The van der Waals surface area contributed by atoms with Gasteiger partial charge in [0.05, 0.1) is 0 Å². The quantitative estimate of drug-likeness (QED) is 0.668. The molecular formula is C8H13N3O3. The smallest absolute Gasteiger partial charge is 0.326 e. The van der Waals surface area contributed by atoms with Crippen molar-refractivity contribution in [1.29, 1.82) is 0 Å². The molecule has 6 heteroatoms. The molecule has 0 amide bonds. The molecule has 0 saturated heterocycles. The molecule has 78 valence electrons. The maximum absolute atomic E-state index is 10.9. The molecule has 0 bridgehead atoms. The molecule has 6 nitrogen and oxygen atoms in total. The Balaban J connectivity index is 2.52. The molecule has 14 heavy (non-hydrogen) atoms. The number of methoxy groups -OCH3 is 1. The minimum atomic E-state index is -0.874. The molecule has 1 atom stereocenters. The predicted molar refractivity (Wildman–Crippen MR) is 47.8 cm³/mol. The lowest BCUT2D eigenvalue weighted by atomic mass is 10.1. The van der Waals surface area contributed by atoms with Gasteiger partial charge in [-0.3, -0.25) is 0 Å². The highest BCUT2D eigenvalue weighted by Gasteiger charge is 2.18. The third-order valence-corrected chi connectivity index (χ3v) is 1.91. The van der Waals surface area contributed by atoms with Crippen molar-refractivity contribution in [2.45, 2.75) is 18.9 Å². The lowest BCUT2D eigenvalue weighted by Gasteiger charge is -2.11. The van der Waals surface area contributed by atoms with Gasteiger partial charge in [-0.25, -0.2) is 4.79 Å². The molecule has 1 aromatic heterocycles. The first kappa shape index (κ1) is 10.6. The maximum atomic E-state index is 10.9. The summed E-state index contributed by atoms with van der Waals surface area (Å²) in [4.78, 5) is 10.9. The SMILES string of the molecule is COCCCC(C(=O)O)n1cnnc1. The zero-order chi connectivity index (χ0) is 10.4. The molecule has 0 radical (unpaired) electrons. The van der Waals surface area contributed by atoms with Crippen LogP contribution in [0.3, 0.4) is 0 Å². The fourth-order valence-corrected chi connectivity index (χ4v) is 1.19. The maximum Gasteiger partial charge on any atom is 0.326 e. The number of rotatable bonds is 6. The summed E-state index contributed by atoms with van der Waals surface area (Å²) in [5.74, 6) is -0.874. The van der Waals surface area contributed by atoms with E-state index in [4.69, 9.17) is 9.84 Å². The van der Waals surface area contributed by atoms with Gasteiger partial charge < -0.3 is 14.4 Å². The van der Waals surface area contributed by atoms with E-state index in [2.05, 4.69) is 10.2 Å². The van der Waals surface area contributed by atoms with Gasteiger partial charge >= 0.3 is 5.97 Å². The Morgan fingerprint density at radius 3 is 2.71 bits per heavy atom. The number of ether oxygens (including phenoxy) is 1. The third kappa shape index (κ3) is 2.81. The van der Waals surface area contributed by atoms with E-state index < -0.39 is 12.0 Å². The van der Waals surface area contributed by atoms with Crippen LogP contribution in [-0.4, -0.2) is 39.6 Å². The molecule has 1 unspecified atom stereocenters. The summed E-state index contributed by atoms with van der Waals surface area (Å²) >= 11 is 0. The standard InChI is InChI=1S/C8H13N3O3/c1-14-4-2-3-7(8(12)13)11-5-9-10-6-11/h5-7H,2-4H2,1H3,(H,12,13). The fourth-order valence-electron chi connectivity index (χ4n) is 1.19. The van der Waals surface area contributed by atoms with E-state index in [9.17, 15) is 4.79 Å². The van der Waals surface area contributed by atoms with Gasteiger partial charge in [0.15, 0.2) is 0 Å². The van der Waals surface area contributed by atoms with Crippen molar-refractivity contribution >= 4 is 5.97 Å². The first-order valence-corrected chi connectivity index (χ1v) is 4.31. The van der Waals surface area contributed by atoms with Gasteiger partial charge in [0.1, 0.15) is 18.7 Å². The summed E-state index contributed by atoms with van der Waals surface area (Å²) in [6.45, 7) is 0.561. The zero-order valence-electron chi connectivity index (χ0n) is 7.96. The van der Waals surface area contributed by atoms with Crippen molar-refractivity contribution < 1.29 is 14.6 Å². The van der Waals surface area contributed by atoms with Crippen molar-refractivity contribution in [2.24, 2.45) is 0 Å². The molecule has 1 N–H and O–H groups in total. The minimum Gasteiger partial charge on any atom is -0.480 e. The van der Waals surface area contributed by atoms with Gasteiger partial charge in [0.25, 0.3) is 0 Å². The van der Waals surface area contributed by atoms with Gasteiger partial charge in [-0.15, -0.1) is 10.2 Å². The Labute approximate surface area is 81.5 Å². The van der Waals surface area contributed by atoms with E-state index in [0.717, 1.165) is 0 Å². The fraction of sp³-hybridized carbons (Fsp3) is 0.625. The summed E-state index contributed by atoms with van der Waals surface area (Å²) in [6, 6.07) is -0.597. The van der Waals surface area contributed by atoms with E-state index in [1.165, 1.54) is 17.2 Å². The monoisotopic (exact) mass is 199 g/mol. The predicted octanol–water partition coefficient (Wildman–Crippen LogP) is 0.330. The van der Waals surface area contributed by atoms with Crippen LogP contribution in [0.2, 0.25) is 0 Å². The second kappa shape index (κ2) is 5.33. The van der Waals surface area contributed by atoms with Crippen LogP contribution in [0.5, 0.6) is 0 Å². The van der Waals surface area contributed by atoms with Gasteiger partial charge in [-0.1, -0.05) is 0 Å². The summed E-state index contributed by atoms with van der Waals surface area (Å²) in [5.41, 5.74) is 0. The number of carboxylic acid groups (broad SMARTS) is 1. The van der Waals surface area contributed by atoms with Crippen molar-refractivity contribution in [3.8, 4) is 0 Å². The van der Waals surface area contributed by atoms with Crippen LogP contribution in [0.1, 0.15) is 18.9 Å². The van der Waals surface area contributed by atoms with Crippen LogP contribution < -0.4 is 0 Å². The van der Waals surface area contributed by atoms with E-state index in [1.54, 1.807) is 7.11 Å². The van der Waals surface area contributed by atoms with Crippen LogP contribution in [-0.2, 0) is 9.53 Å². The third-order valence-electron chi connectivity index (χ3n) is 1.91. The van der Waals surface area contributed by atoms with Crippen LogP contribution in [0, 0.1) is 0 Å². The second-order valence-electron chi connectivity index (χ2n) is 2.90. The Hall–Kier alpha value is -1.43. The van der Waals surface area contributed by atoms with Crippen LogP contribution in [0.25, 0.3) is 0 Å². The Morgan fingerprint density at radius 2 is 2.21 bits per heavy atom. The van der Waals surface area contributed by atoms with Crippen molar-refractivity contribution in [3.63, 3.8) is 0 Å².